The summed E-state index contributed by atoms with van der Waals surface area (Å²) < 4.78 is 3.00. The van der Waals surface area contributed by atoms with Crippen molar-refractivity contribution in [2.24, 2.45) is 5.92 Å². The van der Waals surface area contributed by atoms with E-state index in [1.807, 2.05) is 36.4 Å². The van der Waals surface area contributed by atoms with Gasteiger partial charge < -0.3 is 10.2 Å². The molecule has 1 aliphatic rings. The standard InChI is InChI=1S/C30H39ClN6OS/c1-8-22(23-16-20(31)14-15-32-23)33-25-10-9-11-26(35-25)39-36-28(38)21-12-13-24(29(3,4)5)34-27(21)37-18-19(2)17-30(37,6)7/h9-16,19,22H,8,17-18H2,1-7H3,(H,33,35)(H,36,38). The van der Waals surface area contributed by atoms with E-state index in [-0.39, 0.29) is 22.9 Å². The molecule has 2 unspecified atom stereocenters. The summed E-state index contributed by atoms with van der Waals surface area (Å²) in [6.45, 7) is 16.1. The van der Waals surface area contributed by atoms with Gasteiger partial charge in [-0.15, -0.1) is 0 Å². The summed E-state index contributed by atoms with van der Waals surface area (Å²) in [6.07, 6.45) is 3.57. The minimum atomic E-state index is -0.187. The van der Waals surface area contributed by atoms with E-state index in [0.29, 0.717) is 27.3 Å². The van der Waals surface area contributed by atoms with Crippen LogP contribution < -0.4 is 14.9 Å². The number of halogens is 1. The summed E-state index contributed by atoms with van der Waals surface area (Å²) >= 11 is 7.37. The Morgan fingerprint density at radius 2 is 1.97 bits per heavy atom. The number of amides is 1. The molecule has 0 saturated carbocycles. The van der Waals surface area contributed by atoms with Gasteiger partial charge in [0.2, 0.25) is 0 Å². The number of nitrogens with zero attached hydrogens (tertiary/aromatic N) is 4. The minimum Gasteiger partial charge on any atom is -0.362 e. The Bertz CT molecular complexity index is 1320. The average Bonchev–Trinajstić information content (AvgIpc) is 3.16. The number of nitrogens with one attached hydrogen (secondary N) is 2. The second kappa shape index (κ2) is 11.7. The summed E-state index contributed by atoms with van der Waals surface area (Å²) in [4.78, 5) is 30.0. The smallest absolute Gasteiger partial charge is 0.265 e. The largest absolute Gasteiger partial charge is 0.362 e. The van der Waals surface area contributed by atoms with Crippen molar-refractivity contribution in [1.82, 2.24) is 19.7 Å². The van der Waals surface area contributed by atoms with Gasteiger partial charge in [0.15, 0.2) is 0 Å². The number of anilines is 2. The van der Waals surface area contributed by atoms with Crippen LogP contribution in [0, 0.1) is 5.92 Å². The number of aromatic nitrogens is 3. The first-order valence-electron chi connectivity index (χ1n) is 13.5. The molecule has 2 atom stereocenters. The van der Waals surface area contributed by atoms with Crippen LogP contribution >= 0.6 is 23.5 Å². The van der Waals surface area contributed by atoms with Crippen LogP contribution in [0.2, 0.25) is 5.02 Å². The first kappa shape index (κ1) is 29.2. The summed E-state index contributed by atoms with van der Waals surface area (Å²) in [6, 6.07) is 13.2. The van der Waals surface area contributed by atoms with Crippen LogP contribution in [0.15, 0.2) is 53.7 Å². The molecule has 1 saturated heterocycles. The van der Waals surface area contributed by atoms with Gasteiger partial charge in [0.25, 0.3) is 5.91 Å². The highest BCUT2D eigenvalue weighted by Crippen LogP contribution is 2.38. The lowest BCUT2D eigenvalue weighted by Gasteiger charge is -2.34. The molecule has 0 aromatic carbocycles. The van der Waals surface area contributed by atoms with Crippen LogP contribution in [0.1, 0.15) is 89.1 Å². The van der Waals surface area contributed by atoms with E-state index in [0.717, 1.165) is 36.6 Å². The lowest BCUT2D eigenvalue weighted by molar-refractivity contribution is 0.0984. The highest BCUT2D eigenvalue weighted by atomic mass is 35.5. The zero-order chi connectivity index (χ0) is 28.4. The van der Waals surface area contributed by atoms with Crippen molar-refractivity contribution in [1.29, 1.82) is 0 Å². The molecule has 1 amide bonds. The van der Waals surface area contributed by atoms with E-state index in [4.69, 9.17) is 21.6 Å². The zero-order valence-electron chi connectivity index (χ0n) is 23.9. The number of carbonyl (C=O) groups is 1. The van der Waals surface area contributed by atoms with Gasteiger partial charge in [-0.2, -0.15) is 0 Å². The molecular formula is C30H39ClN6OS. The monoisotopic (exact) mass is 566 g/mol. The molecule has 7 nitrogen and oxygen atoms in total. The van der Waals surface area contributed by atoms with Crippen LogP contribution in [-0.2, 0) is 5.41 Å². The first-order chi connectivity index (χ1) is 18.4. The normalized spacial score (nSPS) is 17.6. The van der Waals surface area contributed by atoms with E-state index in [9.17, 15) is 4.79 Å². The van der Waals surface area contributed by atoms with Crippen molar-refractivity contribution in [2.45, 2.75) is 83.3 Å². The molecule has 3 aromatic heterocycles. The second-order valence-corrected chi connectivity index (χ2v) is 13.2. The highest BCUT2D eigenvalue weighted by molar-refractivity contribution is 7.97. The van der Waals surface area contributed by atoms with Gasteiger partial charge in [-0.1, -0.05) is 52.3 Å². The number of hydrogen-bond acceptors (Lipinski definition) is 7. The van der Waals surface area contributed by atoms with Crippen molar-refractivity contribution < 1.29 is 4.79 Å². The molecule has 208 valence electrons. The fraction of sp³-hybridized carbons (Fsp3) is 0.467. The molecule has 9 heteroatoms. The van der Waals surface area contributed by atoms with Crippen molar-refractivity contribution in [3.63, 3.8) is 0 Å². The average molecular weight is 567 g/mol. The van der Waals surface area contributed by atoms with Crippen molar-refractivity contribution in [2.75, 3.05) is 16.8 Å². The molecule has 4 rings (SSSR count). The summed E-state index contributed by atoms with van der Waals surface area (Å²) in [7, 11) is 0. The predicted molar refractivity (Wildman–Crippen MR) is 162 cm³/mol. The predicted octanol–water partition coefficient (Wildman–Crippen LogP) is 7.45. The van der Waals surface area contributed by atoms with E-state index >= 15 is 0 Å². The van der Waals surface area contributed by atoms with Crippen LogP contribution in [-0.4, -0.2) is 32.9 Å². The maximum Gasteiger partial charge on any atom is 0.265 e. The van der Waals surface area contributed by atoms with Gasteiger partial charge in [0, 0.05) is 46.4 Å². The van der Waals surface area contributed by atoms with Gasteiger partial charge in [0.1, 0.15) is 16.7 Å². The Morgan fingerprint density at radius 3 is 2.62 bits per heavy atom. The van der Waals surface area contributed by atoms with E-state index in [2.05, 4.69) is 68.4 Å². The molecule has 0 radical (unpaired) electrons. The van der Waals surface area contributed by atoms with Gasteiger partial charge >= 0.3 is 0 Å². The van der Waals surface area contributed by atoms with Gasteiger partial charge in [0.05, 0.1) is 17.3 Å². The number of rotatable bonds is 8. The third-order valence-electron chi connectivity index (χ3n) is 7.02. The molecular weight excluding hydrogens is 528 g/mol. The zero-order valence-corrected chi connectivity index (χ0v) is 25.5. The molecule has 1 aliphatic heterocycles. The third-order valence-corrected chi connectivity index (χ3v) is 7.98. The van der Waals surface area contributed by atoms with Crippen LogP contribution in [0.3, 0.4) is 0 Å². The van der Waals surface area contributed by atoms with Crippen molar-refractivity contribution >= 4 is 41.1 Å². The first-order valence-corrected chi connectivity index (χ1v) is 14.7. The van der Waals surface area contributed by atoms with Gasteiger partial charge in [-0.05, 0) is 69.0 Å². The lowest BCUT2D eigenvalue weighted by Crippen LogP contribution is -2.40. The van der Waals surface area contributed by atoms with Crippen LogP contribution in [0.4, 0.5) is 11.6 Å². The molecule has 39 heavy (non-hydrogen) atoms. The molecule has 4 heterocycles. The second-order valence-electron chi connectivity index (χ2n) is 11.9. The minimum absolute atomic E-state index is 0.0350. The molecule has 0 bridgehead atoms. The Hall–Kier alpha value is -2.84. The Morgan fingerprint density at radius 1 is 1.21 bits per heavy atom. The quantitative estimate of drug-likeness (QED) is 0.274. The summed E-state index contributed by atoms with van der Waals surface area (Å²) in [5.41, 5.74) is 2.20. The highest BCUT2D eigenvalue weighted by Gasteiger charge is 2.39. The maximum absolute atomic E-state index is 13.5. The maximum atomic E-state index is 13.5. The molecule has 3 aromatic rings. The summed E-state index contributed by atoms with van der Waals surface area (Å²) in [5, 5.41) is 4.76. The lowest BCUT2D eigenvalue weighted by atomic mass is 9.91. The summed E-state index contributed by atoms with van der Waals surface area (Å²) in [5.74, 6) is 1.79. The van der Waals surface area contributed by atoms with Crippen molar-refractivity contribution in [3.8, 4) is 0 Å². The Labute approximate surface area is 241 Å². The SMILES string of the molecule is CCC(Nc1cccc(SNC(=O)c2ccc(C(C)(C)C)nc2N2CC(C)CC2(C)C)n1)c1cc(Cl)ccn1. The molecule has 2 N–H and O–H groups in total. The molecule has 1 fully saturated rings. The van der Waals surface area contributed by atoms with Crippen LogP contribution in [0.25, 0.3) is 0 Å². The fourth-order valence-electron chi connectivity index (χ4n) is 5.09. The number of pyridine rings is 3. The third kappa shape index (κ3) is 7.03. The Balaban J connectivity index is 1.52. The topological polar surface area (TPSA) is 83.0 Å². The van der Waals surface area contributed by atoms with E-state index in [1.54, 1.807) is 12.3 Å². The molecule has 0 spiro atoms. The van der Waals surface area contributed by atoms with Gasteiger partial charge in [-0.3, -0.25) is 14.5 Å². The van der Waals surface area contributed by atoms with E-state index < -0.39 is 0 Å². The Kier molecular flexibility index (Phi) is 8.76. The van der Waals surface area contributed by atoms with E-state index in [1.165, 1.54) is 11.9 Å². The molecule has 0 aliphatic carbocycles. The van der Waals surface area contributed by atoms with Crippen molar-refractivity contribution in [3.05, 3.63) is 70.6 Å². The fourth-order valence-corrected chi connectivity index (χ4v) is 5.86. The van der Waals surface area contributed by atoms with Crippen LogP contribution in [0.5, 0.6) is 0 Å². The van der Waals surface area contributed by atoms with Gasteiger partial charge in [-0.25, -0.2) is 9.97 Å². The number of carbonyl (C=O) groups excluding carboxylic acids is 1. The number of hydrogen-bond donors (Lipinski definition) is 2.